The Balaban J connectivity index is 3.64. The van der Waals surface area contributed by atoms with Crippen LogP contribution in [-0.2, 0) is 0 Å². The van der Waals surface area contributed by atoms with Gasteiger partial charge in [0, 0.05) is 0 Å². The standard InChI is InChI=1S/C13H24/c1-6-12(4)8-7-9-13(5)10-11(2)3/h6,9,11-12H,1,7-8,10H2,2-5H3. The molecule has 0 nitrogen and oxygen atoms in total. The van der Waals surface area contributed by atoms with Gasteiger partial charge in [0.15, 0.2) is 0 Å². The third kappa shape index (κ3) is 7.83. The summed E-state index contributed by atoms with van der Waals surface area (Å²) in [6.45, 7) is 12.8. The highest BCUT2D eigenvalue weighted by molar-refractivity contribution is 4.98. The molecule has 0 saturated carbocycles. The Labute approximate surface area is 83.7 Å². The van der Waals surface area contributed by atoms with Gasteiger partial charge in [0.1, 0.15) is 0 Å². The van der Waals surface area contributed by atoms with Crippen LogP contribution >= 0.6 is 0 Å². The molecule has 0 aromatic carbocycles. The van der Waals surface area contributed by atoms with Gasteiger partial charge in [-0.25, -0.2) is 0 Å². The van der Waals surface area contributed by atoms with Crippen LogP contribution in [0.4, 0.5) is 0 Å². The first-order valence-corrected chi connectivity index (χ1v) is 5.34. The van der Waals surface area contributed by atoms with Crippen molar-refractivity contribution in [2.24, 2.45) is 11.8 Å². The molecule has 0 saturated heterocycles. The Morgan fingerprint density at radius 2 is 1.92 bits per heavy atom. The molecule has 0 radical (unpaired) electrons. The predicted molar refractivity (Wildman–Crippen MR) is 61.8 cm³/mol. The molecule has 0 aliphatic rings. The second-order valence-electron chi connectivity index (χ2n) is 4.44. The lowest BCUT2D eigenvalue weighted by molar-refractivity contribution is 0.629. The van der Waals surface area contributed by atoms with Crippen molar-refractivity contribution < 1.29 is 0 Å². The lowest BCUT2D eigenvalue weighted by Crippen LogP contribution is -1.90. The van der Waals surface area contributed by atoms with Crippen LogP contribution in [0.15, 0.2) is 24.3 Å². The van der Waals surface area contributed by atoms with Crippen molar-refractivity contribution in [3.8, 4) is 0 Å². The summed E-state index contributed by atoms with van der Waals surface area (Å²) >= 11 is 0. The number of allylic oxidation sites excluding steroid dienone is 3. The van der Waals surface area contributed by atoms with Crippen LogP contribution in [0.2, 0.25) is 0 Å². The van der Waals surface area contributed by atoms with E-state index >= 15 is 0 Å². The molecule has 0 fully saturated rings. The van der Waals surface area contributed by atoms with Crippen molar-refractivity contribution in [1.82, 2.24) is 0 Å². The summed E-state index contributed by atoms with van der Waals surface area (Å²) in [7, 11) is 0. The van der Waals surface area contributed by atoms with E-state index in [2.05, 4.69) is 40.3 Å². The summed E-state index contributed by atoms with van der Waals surface area (Å²) in [6.07, 6.45) is 8.08. The van der Waals surface area contributed by atoms with E-state index in [9.17, 15) is 0 Å². The quantitative estimate of drug-likeness (QED) is 0.525. The zero-order valence-electron chi connectivity index (χ0n) is 9.64. The van der Waals surface area contributed by atoms with Gasteiger partial charge < -0.3 is 0 Å². The Hall–Kier alpha value is -0.520. The van der Waals surface area contributed by atoms with Gasteiger partial charge in [-0.15, -0.1) is 6.58 Å². The van der Waals surface area contributed by atoms with Crippen molar-refractivity contribution in [1.29, 1.82) is 0 Å². The van der Waals surface area contributed by atoms with Crippen molar-refractivity contribution in [2.75, 3.05) is 0 Å². The second kappa shape index (κ2) is 6.94. The molecule has 13 heavy (non-hydrogen) atoms. The molecule has 0 bridgehead atoms. The van der Waals surface area contributed by atoms with E-state index in [4.69, 9.17) is 0 Å². The summed E-state index contributed by atoms with van der Waals surface area (Å²) in [5.74, 6) is 1.44. The Morgan fingerprint density at radius 1 is 1.31 bits per heavy atom. The highest BCUT2D eigenvalue weighted by Crippen LogP contribution is 2.13. The molecule has 1 atom stereocenters. The molecule has 76 valence electrons. The first-order valence-electron chi connectivity index (χ1n) is 5.34. The second-order valence-corrected chi connectivity index (χ2v) is 4.44. The summed E-state index contributed by atoms with van der Waals surface area (Å²) in [5.41, 5.74) is 1.53. The van der Waals surface area contributed by atoms with Crippen molar-refractivity contribution >= 4 is 0 Å². The third-order valence-corrected chi connectivity index (χ3v) is 2.25. The Kier molecular flexibility index (Phi) is 6.66. The lowest BCUT2D eigenvalue weighted by atomic mass is 10.0. The van der Waals surface area contributed by atoms with Gasteiger partial charge in [-0.1, -0.05) is 38.5 Å². The van der Waals surface area contributed by atoms with Crippen LogP contribution in [0.5, 0.6) is 0 Å². The van der Waals surface area contributed by atoms with Gasteiger partial charge in [0.05, 0.1) is 0 Å². The third-order valence-electron chi connectivity index (χ3n) is 2.25. The van der Waals surface area contributed by atoms with E-state index in [1.807, 2.05) is 6.08 Å². The largest absolute Gasteiger partial charge is 0.103 e. The molecule has 0 spiro atoms. The molecule has 0 heterocycles. The topological polar surface area (TPSA) is 0 Å². The van der Waals surface area contributed by atoms with E-state index in [0.717, 1.165) is 5.92 Å². The molecule has 1 unspecified atom stereocenters. The highest BCUT2D eigenvalue weighted by Gasteiger charge is 1.96. The van der Waals surface area contributed by atoms with Gasteiger partial charge in [-0.3, -0.25) is 0 Å². The SMILES string of the molecule is C=CC(C)CCC=C(C)CC(C)C. The maximum absolute atomic E-state index is 3.79. The molecule has 0 aliphatic heterocycles. The summed E-state index contributed by atoms with van der Waals surface area (Å²) in [6, 6.07) is 0. The molecular weight excluding hydrogens is 156 g/mol. The van der Waals surface area contributed by atoms with Gasteiger partial charge in [0.2, 0.25) is 0 Å². The van der Waals surface area contributed by atoms with Crippen molar-refractivity contribution in [3.63, 3.8) is 0 Å². The zero-order valence-corrected chi connectivity index (χ0v) is 9.64. The van der Waals surface area contributed by atoms with E-state index in [-0.39, 0.29) is 0 Å². The fourth-order valence-electron chi connectivity index (χ4n) is 1.44. The van der Waals surface area contributed by atoms with Crippen molar-refractivity contribution in [3.05, 3.63) is 24.3 Å². The minimum Gasteiger partial charge on any atom is -0.103 e. The molecular formula is C13H24. The lowest BCUT2D eigenvalue weighted by Gasteiger charge is -2.06. The van der Waals surface area contributed by atoms with Crippen LogP contribution in [0, 0.1) is 11.8 Å². The van der Waals surface area contributed by atoms with Crippen LogP contribution < -0.4 is 0 Å². The maximum Gasteiger partial charge on any atom is -0.0262 e. The van der Waals surface area contributed by atoms with Gasteiger partial charge in [-0.05, 0) is 38.0 Å². The average molecular weight is 180 g/mol. The maximum atomic E-state index is 3.79. The fraction of sp³-hybridized carbons (Fsp3) is 0.692. The smallest absolute Gasteiger partial charge is 0.0262 e. The molecule has 0 aliphatic carbocycles. The first-order chi connectivity index (χ1) is 6.06. The van der Waals surface area contributed by atoms with Gasteiger partial charge in [0.25, 0.3) is 0 Å². The molecule has 0 N–H and O–H groups in total. The molecule has 0 heteroatoms. The zero-order chi connectivity index (χ0) is 10.3. The van der Waals surface area contributed by atoms with Crippen LogP contribution in [0.25, 0.3) is 0 Å². The summed E-state index contributed by atoms with van der Waals surface area (Å²) in [4.78, 5) is 0. The monoisotopic (exact) mass is 180 g/mol. The van der Waals surface area contributed by atoms with E-state index < -0.39 is 0 Å². The molecule has 0 amide bonds. The highest BCUT2D eigenvalue weighted by atomic mass is 14.0. The van der Waals surface area contributed by atoms with Crippen LogP contribution in [0.1, 0.15) is 47.0 Å². The van der Waals surface area contributed by atoms with E-state index in [0.29, 0.717) is 5.92 Å². The minimum absolute atomic E-state index is 0.656. The molecule has 0 aromatic rings. The number of rotatable bonds is 6. The Bertz CT molecular complexity index is 163. The normalized spacial score (nSPS) is 14.7. The Morgan fingerprint density at radius 3 is 2.38 bits per heavy atom. The van der Waals surface area contributed by atoms with Gasteiger partial charge in [-0.2, -0.15) is 0 Å². The molecule has 0 aromatic heterocycles. The predicted octanol–water partition coefficient (Wildman–Crippen LogP) is 4.58. The summed E-state index contributed by atoms with van der Waals surface area (Å²) < 4.78 is 0. The average Bonchev–Trinajstić information content (AvgIpc) is 2.02. The van der Waals surface area contributed by atoms with Gasteiger partial charge >= 0.3 is 0 Å². The fourth-order valence-corrected chi connectivity index (χ4v) is 1.44. The van der Waals surface area contributed by atoms with Crippen LogP contribution in [0.3, 0.4) is 0 Å². The van der Waals surface area contributed by atoms with E-state index in [1.54, 1.807) is 0 Å². The van der Waals surface area contributed by atoms with Crippen LogP contribution in [-0.4, -0.2) is 0 Å². The number of hydrogen-bond donors (Lipinski definition) is 0. The van der Waals surface area contributed by atoms with Crippen molar-refractivity contribution in [2.45, 2.75) is 47.0 Å². The summed E-state index contributed by atoms with van der Waals surface area (Å²) in [5, 5.41) is 0. The van der Waals surface area contributed by atoms with E-state index in [1.165, 1.54) is 24.8 Å². The number of hydrogen-bond acceptors (Lipinski definition) is 0. The first kappa shape index (κ1) is 12.5. The minimum atomic E-state index is 0.656. The molecule has 0 rings (SSSR count).